The molecule has 102 valence electrons. The van der Waals surface area contributed by atoms with Crippen molar-refractivity contribution in [3.05, 3.63) is 0 Å². The first-order chi connectivity index (χ1) is 8.56. The van der Waals surface area contributed by atoms with Crippen molar-refractivity contribution >= 4 is 11.9 Å². The first-order valence-corrected chi connectivity index (χ1v) is 7.05. The predicted octanol–water partition coefficient (Wildman–Crippen LogP) is 2.04. The Labute approximate surface area is 108 Å². The Morgan fingerprint density at radius 1 is 1.33 bits per heavy atom. The number of carboxylic acid groups (broad SMARTS) is 1. The number of fused-ring (bicyclic) bond motifs is 2. The Bertz CT molecular complexity index is 329. The lowest BCUT2D eigenvalue weighted by Crippen LogP contribution is -2.36. The molecule has 4 atom stereocenters. The van der Waals surface area contributed by atoms with Crippen LogP contribution in [0.3, 0.4) is 0 Å². The minimum Gasteiger partial charge on any atom is -0.481 e. The molecule has 0 radical (unpaired) electrons. The zero-order chi connectivity index (χ0) is 13.1. The summed E-state index contributed by atoms with van der Waals surface area (Å²) in [5, 5.41) is 11.6. The second kappa shape index (κ2) is 5.72. The highest BCUT2D eigenvalue weighted by Crippen LogP contribution is 2.48. The Morgan fingerprint density at radius 2 is 2.11 bits per heavy atom. The van der Waals surface area contributed by atoms with E-state index in [2.05, 4.69) is 5.32 Å². The maximum absolute atomic E-state index is 12.1. The highest BCUT2D eigenvalue weighted by atomic mass is 16.4. The van der Waals surface area contributed by atoms with E-state index < -0.39 is 5.97 Å². The minimum absolute atomic E-state index is 0.186. The lowest BCUT2D eigenvalue weighted by Gasteiger charge is -2.21. The number of carbonyl (C=O) groups excluding carboxylic acids is 1. The van der Waals surface area contributed by atoms with E-state index in [0.717, 1.165) is 12.3 Å². The van der Waals surface area contributed by atoms with Crippen molar-refractivity contribution in [1.29, 1.82) is 0 Å². The molecular weight excluding hydrogens is 230 g/mol. The van der Waals surface area contributed by atoms with Gasteiger partial charge in [0.1, 0.15) is 0 Å². The van der Waals surface area contributed by atoms with Gasteiger partial charge in [0.25, 0.3) is 0 Å². The van der Waals surface area contributed by atoms with Crippen LogP contribution in [0.5, 0.6) is 0 Å². The van der Waals surface area contributed by atoms with E-state index in [0.29, 0.717) is 18.9 Å². The number of hydrogen-bond acceptors (Lipinski definition) is 2. The summed E-state index contributed by atoms with van der Waals surface area (Å²) in [6.07, 6.45) is 5.66. The van der Waals surface area contributed by atoms with Crippen molar-refractivity contribution in [3.63, 3.8) is 0 Å². The Kier molecular flexibility index (Phi) is 4.25. The van der Waals surface area contributed by atoms with E-state index in [9.17, 15) is 9.59 Å². The van der Waals surface area contributed by atoms with E-state index in [-0.39, 0.29) is 24.2 Å². The van der Waals surface area contributed by atoms with Gasteiger partial charge in [0.2, 0.25) is 5.91 Å². The summed E-state index contributed by atoms with van der Waals surface area (Å²) in [5.41, 5.74) is 0. The Balaban J connectivity index is 1.67. The zero-order valence-corrected chi connectivity index (χ0v) is 11.0. The molecule has 2 N–H and O–H groups in total. The second-order valence-electron chi connectivity index (χ2n) is 6.06. The van der Waals surface area contributed by atoms with Gasteiger partial charge in [-0.25, -0.2) is 0 Å². The summed E-state index contributed by atoms with van der Waals surface area (Å²) >= 11 is 0. The van der Waals surface area contributed by atoms with E-state index in [1.807, 2.05) is 6.92 Å². The fourth-order valence-electron chi connectivity index (χ4n) is 3.44. The van der Waals surface area contributed by atoms with Gasteiger partial charge in [-0.05, 0) is 43.4 Å². The molecule has 18 heavy (non-hydrogen) atoms. The number of carboxylic acids is 1. The largest absolute Gasteiger partial charge is 0.481 e. The van der Waals surface area contributed by atoms with E-state index in [4.69, 9.17) is 5.11 Å². The molecule has 1 amide bonds. The van der Waals surface area contributed by atoms with Gasteiger partial charge in [-0.1, -0.05) is 13.3 Å². The van der Waals surface area contributed by atoms with Crippen LogP contribution in [-0.4, -0.2) is 23.5 Å². The molecule has 0 aromatic heterocycles. The minimum atomic E-state index is -0.763. The molecule has 4 unspecified atom stereocenters. The number of aliphatic carboxylic acids is 1. The standard InChI is InChI=1S/C14H23NO3/c1-9(2-5-13(16)17)8-15-14(18)12-7-10-3-4-11(12)6-10/h9-12H,2-8H2,1H3,(H,15,18)(H,16,17). The molecule has 2 aliphatic rings. The average Bonchev–Trinajstić information content (AvgIpc) is 2.95. The molecule has 0 aromatic rings. The van der Waals surface area contributed by atoms with Crippen molar-refractivity contribution in [3.8, 4) is 0 Å². The zero-order valence-electron chi connectivity index (χ0n) is 11.0. The SMILES string of the molecule is CC(CCC(=O)O)CNC(=O)C1CC2CCC1C2. The molecule has 4 nitrogen and oxygen atoms in total. The third kappa shape index (κ3) is 3.24. The molecule has 0 aromatic carbocycles. The molecular formula is C14H23NO3. The number of hydrogen-bond donors (Lipinski definition) is 2. The van der Waals surface area contributed by atoms with Gasteiger partial charge in [0.15, 0.2) is 0 Å². The van der Waals surface area contributed by atoms with Gasteiger partial charge in [-0.2, -0.15) is 0 Å². The van der Waals surface area contributed by atoms with Crippen LogP contribution in [0.4, 0.5) is 0 Å². The van der Waals surface area contributed by atoms with Crippen LogP contribution in [0.1, 0.15) is 45.4 Å². The molecule has 2 fully saturated rings. The van der Waals surface area contributed by atoms with Crippen molar-refractivity contribution in [1.82, 2.24) is 5.32 Å². The topological polar surface area (TPSA) is 66.4 Å². The third-order valence-electron chi connectivity index (χ3n) is 4.55. The molecule has 0 heterocycles. The monoisotopic (exact) mass is 253 g/mol. The van der Waals surface area contributed by atoms with Gasteiger partial charge >= 0.3 is 5.97 Å². The summed E-state index contributed by atoms with van der Waals surface area (Å²) in [7, 11) is 0. The molecule has 2 saturated carbocycles. The molecule has 0 spiro atoms. The second-order valence-corrected chi connectivity index (χ2v) is 6.06. The molecule has 2 rings (SSSR count). The maximum atomic E-state index is 12.1. The van der Waals surface area contributed by atoms with Crippen LogP contribution >= 0.6 is 0 Å². The average molecular weight is 253 g/mol. The van der Waals surface area contributed by atoms with Crippen LogP contribution in [0, 0.1) is 23.7 Å². The molecule has 2 aliphatic carbocycles. The fourth-order valence-corrected chi connectivity index (χ4v) is 3.44. The highest BCUT2D eigenvalue weighted by molar-refractivity contribution is 5.79. The number of carbonyl (C=O) groups is 2. The normalized spacial score (nSPS) is 31.3. The van der Waals surface area contributed by atoms with Crippen molar-refractivity contribution in [2.75, 3.05) is 6.54 Å². The summed E-state index contributed by atoms with van der Waals surface area (Å²) in [6, 6.07) is 0. The van der Waals surface area contributed by atoms with E-state index in [1.54, 1.807) is 0 Å². The number of amides is 1. The first-order valence-electron chi connectivity index (χ1n) is 7.05. The van der Waals surface area contributed by atoms with Gasteiger partial charge in [0.05, 0.1) is 0 Å². The summed E-state index contributed by atoms with van der Waals surface area (Å²) in [5.74, 6) is 1.31. The van der Waals surface area contributed by atoms with Gasteiger partial charge in [-0.15, -0.1) is 0 Å². The van der Waals surface area contributed by atoms with E-state index in [1.165, 1.54) is 19.3 Å². The van der Waals surface area contributed by atoms with Gasteiger partial charge in [-0.3, -0.25) is 9.59 Å². The quantitative estimate of drug-likeness (QED) is 0.761. The molecule has 2 bridgehead atoms. The Hall–Kier alpha value is -1.06. The predicted molar refractivity (Wildman–Crippen MR) is 68.0 cm³/mol. The summed E-state index contributed by atoms with van der Waals surface area (Å²) in [6.45, 7) is 2.60. The van der Waals surface area contributed by atoms with Crippen LogP contribution in [0.2, 0.25) is 0 Å². The number of rotatable bonds is 6. The lowest BCUT2D eigenvalue weighted by atomic mass is 9.88. The van der Waals surface area contributed by atoms with Crippen molar-refractivity contribution in [2.24, 2.45) is 23.7 Å². The van der Waals surface area contributed by atoms with Crippen LogP contribution in [-0.2, 0) is 9.59 Å². The number of nitrogens with one attached hydrogen (secondary N) is 1. The highest BCUT2D eigenvalue weighted by Gasteiger charge is 2.42. The first kappa shape index (κ1) is 13.4. The Morgan fingerprint density at radius 3 is 2.67 bits per heavy atom. The summed E-state index contributed by atoms with van der Waals surface area (Å²) < 4.78 is 0. The van der Waals surface area contributed by atoms with Gasteiger partial charge < -0.3 is 10.4 Å². The lowest BCUT2D eigenvalue weighted by molar-refractivity contribution is -0.137. The molecule has 0 saturated heterocycles. The van der Waals surface area contributed by atoms with Crippen LogP contribution in [0.25, 0.3) is 0 Å². The van der Waals surface area contributed by atoms with Crippen LogP contribution < -0.4 is 5.32 Å². The summed E-state index contributed by atoms with van der Waals surface area (Å²) in [4.78, 5) is 22.5. The fraction of sp³-hybridized carbons (Fsp3) is 0.857. The third-order valence-corrected chi connectivity index (χ3v) is 4.55. The van der Waals surface area contributed by atoms with Crippen molar-refractivity contribution in [2.45, 2.75) is 45.4 Å². The van der Waals surface area contributed by atoms with Crippen LogP contribution in [0.15, 0.2) is 0 Å². The maximum Gasteiger partial charge on any atom is 0.303 e. The smallest absolute Gasteiger partial charge is 0.303 e. The molecule has 0 aliphatic heterocycles. The van der Waals surface area contributed by atoms with Gasteiger partial charge in [0, 0.05) is 18.9 Å². The van der Waals surface area contributed by atoms with Crippen molar-refractivity contribution < 1.29 is 14.7 Å². The van der Waals surface area contributed by atoms with E-state index >= 15 is 0 Å². The molecule has 4 heteroatoms.